The summed E-state index contributed by atoms with van der Waals surface area (Å²) in [6.07, 6.45) is -1.86. The van der Waals surface area contributed by atoms with Crippen LogP contribution in [-0.2, 0) is 40.9 Å². The molecular formula is C27H24F4O4S. The number of thioether (sulfide) groups is 1. The lowest BCUT2D eigenvalue weighted by Gasteiger charge is -2.14. The molecule has 0 unspecified atom stereocenters. The number of benzene rings is 3. The molecule has 0 spiro atoms. The molecule has 0 saturated heterocycles. The molecule has 1 aliphatic rings. The van der Waals surface area contributed by atoms with Crippen molar-refractivity contribution in [2.75, 3.05) is 13.7 Å². The molecule has 190 valence electrons. The summed E-state index contributed by atoms with van der Waals surface area (Å²) in [6.45, 7) is -0.220. The van der Waals surface area contributed by atoms with Crippen LogP contribution in [0.5, 0.6) is 11.5 Å². The number of rotatable bonds is 9. The van der Waals surface area contributed by atoms with Gasteiger partial charge in [-0.05, 0) is 77.9 Å². The summed E-state index contributed by atoms with van der Waals surface area (Å²) in [6, 6.07) is 14.1. The maximum Gasteiger partial charge on any atom is 0.419 e. The summed E-state index contributed by atoms with van der Waals surface area (Å²) < 4.78 is 68.0. The van der Waals surface area contributed by atoms with Crippen molar-refractivity contribution in [3.8, 4) is 11.5 Å². The molecule has 4 nitrogen and oxygen atoms in total. The average Bonchev–Trinajstić information content (AvgIpc) is 3.36. The van der Waals surface area contributed by atoms with Crippen LogP contribution in [0.4, 0.5) is 17.6 Å². The van der Waals surface area contributed by atoms with Crippen LogP contribution >= 0.6 is 11.8 Å². The van der Waals surface area contributed by atoms with Gasteiger partial charge in [0, 0.05) is 10.6 Å². The van der Waals surface area contributed by atoms with Crippen molar-refractivity contribution in [2.24, 2.45) is 0 Å². The van der Waals surface area contributed by atoms with Gasteiger partial charge >= 0.3 is 12.1 Å². The average molecular weight is 521 g/mol. The van der Waals surface area contributed by atoms with Gasteiger partial charge in [0.1, 0.15) is 23.9 Å². The number of halogens is 4. The van der Waals surface area contributed by atoms with Gasteiger partial charge in [0.05, 0.1) is 12.7 Å². The van der Waals surface area contributed by atoms with E-state index in [1.54, 1.807) is 23.9 Å². The molecule has 3 aromatic carbocycles. The fourth-order valence-electron chi connectivity index (χ4n) is 4.00. The van der Waals surface area contributed by atoms with E-state index < -0.39 is 23.5 Å². The lowest BCUT2D eigenvalue weighted by molar-refractivity contribution is -0.143. The van der Waals surface area contributed by atoms with Crippen molar-refractivity contribution in [3.63, 3.8) is 0 Å². The van der Waals surface area contributed by atoms with Gasteiger partial charge in [-0.3, -0.25) is 0 Å². The van der Waals surface area contributed by atoms with Crippen LogP contribution in [0.3, 0.4) is 0 Å². The van der Waals surface area contributed by atoms with Crippen LogP contribution in [-0.4, -0.2) is 19.7 Å². The highest BCUT2D eigenvalue weighted by molar-refractivity contribution is 7.98. The quantitative estimate of drug-likeness (QED) is 0.177. The first-order valence-electron chi connectivity index (χ1n) is 11.3. The van der Waals surface area contributed by atoms with Crippen molar-refractivity contribution >= 4 is 17.7 Å². The summed E-state index contributed by atoms with van der Waals surface area (Å²) in [5.41, 5.74) is 2.38. The summed E-state index contributed by atoms with van der Waals surface area (Å²) in [7, 11) is 1.33. The molecule has 0 aromatic heterocycles. The maximum atomic E-state index is 13.5. The third-order valence-electron chi connectivity index (χ3n) is 5.83. The summed E-state index contributed by atoms with van der Waals surface area (Å²) in [5, 5.41) is 0. The van der Waals surface area contributed by atoms with Gasteiger partial charge in [0.15, 0.2) is 6.61 Å². The van der Waals surface area contributed by atoms with Gasteiger partial charge in [-0.25, -0.2) is 9.18 Å². The Morgan fingerprint density at radius 1 is 0.944 bits per heavy atom. The second kappa shape index (κ2) is 11.2. The van der Waals surface area contributed by atoms with Crippen LogP contribution in [0.1, 0.15) is 34.2 Å². The van der Waals surface area contributed by atoms with Crippen molar-refractivity contribution in [2.45, 2.75) is 42.7 Å². The minimum atomic E-state index is -4.75. The number of hydrogen-bond acceptors (Lipinski definition) is 5. The fraction of sp³-hybridized carbons (Fsp3) is 0.296. The molecular weight excluding hydrogens is 496 g/mol. The van der Waals surface area contributed by atoms with Crippen LogP contribution in [0.15, 0.2) is 59.5 Å². The zero-order valence-electron chi connectivity index (χ0n) is 19.5. The first-order chi connectivity index (χ1) is 17.2. The van der Waals surface area contributed by atoms with Gasteiger partial charge in [0.2, 0.25) is 0 Å². The number of alkyl halides is 3. The Kier molecular flexibility index (Phi) is 8.08. The number of fused-ring (bicyclic) bond motifs is 1. The van der Waals surface area contributed by atoms with Gasteiger partial charge in [0.25, 0.3) is 0 Å². The number of carbonyl (C=O) groups excluding carboxylic acids is 1. The van der Waals surface area contributed by atoms with Gasteiger partial charge < -0.3 is 14.2 Å². The van der Waals surface area contributed by atoms with Crippen molar-refractivity contribution in [1.29, 1.82) is 0 Å². The summed E-state index contributed by atoms with van der Waals surface area (Å²) in [5.74, 6) is 0.234. The second-order valence-corrected chi connectivity index (χ2v) is 9.29. The number of hydrogen-bond donors (Lipinski definition) is 0. The van der Waals surface area contributed by atoms with E-state index in [1.165, 1.54) is 23.6 Å². The second-order valence-electron chi connectivity index (χ2n) is 8.27. The standard InChI is InChI=1S/C27H24F4O4S/c1-33-26(32)15-35-24-11-12-25(21-4-2-3-20(21)24)36-16-17-5-8-19(9-6-17)34-14-18-7-10-23(28)22(13-18)27(29,30)31/h5-13H,2-4,14-16H2,1H3. The van der Waals surface area contributed by atoms with E-state index in [0.29, 0.717) is 5.75 Å². The van der Waals surface area contributed by atoms with E-state index in [1.807, 2.05) is 24.3 Å². The van der Waals surface area contributed by atoms with E-state index in [0.717, 1.165) is 54.0 Å². The van der Waals surface area contributed by atoms with E-state index in [-0.39, 0.29) is 18.8 Å². The van der Waals surface area contributed by atoms with E-state index in [2.05, 4.69) is 4.74 Å². The lowest BCUT2D eigenvalue weighted by Crippen LogP contribution is -2.13. The minimum Gasteiger partial charge on any atom is -0.489 e. The highest BCUT2D eigenvalue weighted by Crippen LogP contribution is 2.39. The smallest absolute Gasteiger partial charge is 0.419 e. The Bertz CT molecular complexity index is 1230. The molecule has 0 bridgehead atoms. The first-order valence-corrected chi connectivity index (χ1v) is 12.3. The predicted molar refractivity (Wildman–Crippen MR) is 128 cm³/mol. The molecule has 0 aliphatic heterocycles. The van der Waals surface area contributed by atoms with E-state index in [4.69, 9.17) is 9.47 Å². The van der Waals surface area contributed by atoms with E-state index >= 15 is 0 Å². The highest BCUT2D eigenvalue weighted by Gasteiger charge is 2.34. The zero-order valence-corrected chi connectivity index (χ0v) is 20.3. The van der Waals surface area contributed by atoms with Crippen LogP contribution in [0.2, 0.25) is 0 Å². The van der Waals surface area contributed by atoms with Crippen LogP contribution < -0.4 is 9.47 Å². The monoisotopic (exact) mass is 520 g/mol. The number of carbonyl (C=O) groups is 1. The number of esters is 1. The molecule has 1 aliphatic carbocycles. The number of methoxy groups -OCH3 is 1. The van der Waals surface area contributed by atoms with Crippen molar-refractivity contribution in [3.05, 3.63) is 88.2 Å². The third kappa shape index (κ3) is 6.32. The van der Waals surface area contributed by atoms with E-state index in [9.17, 15) is 22.4 Å². The molecule has 3 aromatic rings. The van der Waals surface area contributed by atoms with Crippen LogP contribution in [0.25, 0.3) is 0 Å². The molecule has 0 heterocycles. The molecule has 0 fully saturated rings. The fourth-order valence-corrected chi connectivity index (χ4v) is 5.07. The van der Waals surface area contributed by atoms with Gasteiger partial charge in [-0.15, -0.1) is 11.8 Å². The Hall–Kier alpha value is -3.20. The molecule has 0 atom stereocenters. The topological polar surface area (TPSA) is 44.8 Å². The summed E-state index contributed by atoms with van der Waals surface area (Å²) >= 11 is 1.71. The lowest BCUT2D eigenvalue weighted by atomic mass is 10.1. The molecule has 0 amide bonds. The minimum absolute atomic E-state index is 0.103. The number of ether oxygens (including phenoxy) is 3. The van der Waals surface area contributed by atoms with Crippen LogP contribution in [0, 0.1) is 5.82 Å². The molecule has 0 N–H and O–H groups in total. The Morgan fingerprint density at radius 3 is 2.39 bits per heavy atom. The highest BCUT2D eigenvalue weighted by atomic mass is 32.2. The molecule has 0 saturated carbocycles. The molecule has 4 rings (SSSR count). The van der Waals surface area contributed by atoms with Crippen molar-refractivity contribution < 1.29 is 36.6 Å². The maximum absolute atomic E-state index is 13.5. The van der Waals surface area contributed by atoms with Gasteiger partial charge in [-0.2, -0.15) is 13.2 Å². The molecule has 36 heavy (non-hydrogen) atoms. The first kappa shape index (κ1) is 25.9. The molecule has 0 radical (unpaired) electrons. The van der Waals surface area contributed by atoms with Gasteiger partial charge in [-0.1, -0.05) is 18.2 Å². The van der Waals surface area contributed by atoms with Crippen molar-refractivity contribution in [1.82, 2.24) is 0 Å². The third-order valence-corrected chi connectivity index (χ3v) is 7.00. The zero-order chi connectivity index (χ0) is 25.7. The normalized spacial score (nSPS) is 12.8. The Morgan fingerprint density at radius 2 is 1.67 bits per heavy atom. The Balaban J connectivity index is 1.34. The largest absolute Gasteiger partial charge is 0.489 e. The molecule has 9 heteroatoms. The summed E-state index contributed by atoms with van der Waals surface area (Å²) in [4.78, 5) is 12.6. The SMILES string of the molecule is COC(=O)COc1ccc(SCc2ccc(OCc3ccc(F)c(C(F)(F)F)c3)cc2)c2c1CCC2. The Labute approximate surface area is 210 Å². The predicted octanol–water partition coefficient (Wildman–Crippen LogP) is 6.76.